The van der Waals surface area contributed by atoms with Gasteiger partial charge in [-0.25, -0.2) is 0 Å². The van der Waals surface area contributed by atoms with Crippen molar-refractivity contribution in [1.29, 1.82) is 0 Å². The van der Waals surface area contributed by atoms with Gasteiger partial charge >= 0.3 is 11.9 Å². The molecule has 0 bridgehead atoms. The zero-order chi connectivity index (χ0) is 29.8. The molecule has 39 heavy (non-hydrogen) atoms. The van der Waals surface area contributed by atoms with Gasteiger partial charge in [-0.3, -0.25) is 9.59 Å². The largest absolute Gasteiger partial charge is 0.459 e. The molecule has 0 fully saturated rings. The van der Waals surface area contributed by atoms with Gasteiger partial charge in [0.15, 0.2) is 5.92 Å². The summed E-state index contributed by atoms with van der Waals surface area (Å²) in [5, 5.41) is 13.6. The summed E-state index contributed by atoms with van der Waals surface area (Å²) in [7, 11) is -3.11. The second kappa shape index (κ2) is 12.4. The molecule has 216 valence electrons. The van der Waals surface area contributed by atoms with E-state index in [1.165, 1.54) is 0 Å². The van der Waals surface area contributed by atoms with Gasteiger partial charge in [-0.2, -0.15) is 0 Å². The molecule has 0 aliphatic heterocycles. The van der Waals surface area contributed by atoms with E-state index < -0.39 is 49.6 Å². The normalized spacial score (nSPS) is 14.7. The van der Waals surface area contributed by atoms with Crippen LogP contribution in [0.4, 0.5) is 0 Å². The number of aliphatic hydroxyl groups is 1. The zero-order valence-electron chi connectivity index (χ0n) is 25.6. The zero-order valence-corrected chi connectivity index (χ0v) is 26.6. The Morgan fingerprint density at radius 3 is 1.33 bits per heavy atom. The molecular weight excluding hydrogens is 508 g/mol. The second-order valence-electron chi connectivity index (χ2n) is 13.5. The van der Waals surface area contributed by atoms with Crippen molar-refractivity contribution in [3.8, 4) is 0 Å². The standard InChI is InChI=1S/C32H48O6Si/c1-22(2)27(26(33)25(28(34)36-30(3,4)5)29(35)37-31(6,7)8)38-39(32(9,10)11,23-18-14-12-15-19-23)24-20-16-13-17-21-24/h12-22,25-27,33H,1-11H3/t26-,27+/m1/s1. The first kappa shape index (κ1) is 32.7. The number of hydrogen-bond donors (Lipinski definition) is 1. The molecule has 0 aromatic heterocycles. The van der Waals surface area contributed by atoms with Gasteiger partial charge in [0.25, 0.3) is 8.32 Å². The van der Waals surface area contributed by atoms with E-state index in [4.69, 9.17) is 13.9 Å². The van der Waals surface area contributed by atoms with Gasteiger partial charge in [-0.15, -0.1) is 0 Å². The second-order valence-corrected chi connectivity index (χ2v) is 17.8. The van der Waals surface area contributed by atoms with Crippen LogP contribution in [0.5, 0.6) is 0 Å². The quantitative estimate of drug-likeness (QED) is 0.258. The van der Waals surface area contributed by atoms with Crippen LogP contribution >= 0.6 is 0 Å². The number of esters is 2. The van der Waals surface area contributed by atoms with E-state index in [9.17, 15) is 14.7 Å². The summed E-state index contributed by atoms with van der Waals surface area (Å²) in [4.78, 5) is 26.9. The number of benzene rings is 2. The van der Waals surface area contributed by atoms with Gasteiger partial charge in [0.1, 0.15) is 17.3 Å². The van der Waals surface area contributed by atoms with Crippen molar-refractivity contribution >= 4 is 30.6 Å². The molecule has 6 nitrogen and oxygen atoms in total. The number of ether oxygens (including phenoxy) is 2. The third kappa shape index (κ3) is 8.26. The van der Waals surface area contributed by atoms with Gasteiger partial charge in [0.2, 0.25) is 0 Å². The molecule has 0 saturated heterocycles. The minimum atomic E-state index is -3.11. The third-order valence-electron chi connectivity index (χ3n) is 6.39. The first-order valence-corrected chi connectivity index (χ1v) is 15.6. The molecule has 7 heteroatoms. The Labute approximate surface area is 236 Å². The van der Waals surface area contributed by atoms with Gasteiger partial charge in [0.05, 0.1) is 6.10 Å². The van der Waals surface area contributed by atoms with E-state index in [1.54, 1.807) is 41.5 Å². The van der Waals surface area contributed by atoms with Crippen LogP contribution < -0.4 is 10.4 Å². The fourth-order valence-corrected chi connectivity index (χ4v) is 9.63. The van der Waals surface area contributed by atoms with Crippen molar-refractivity contribution in [2.24, 2.45) is 11.8 Å². The Morgan fingerprint density at radius 1 is 0.692 bits per heavy atom. The van der Waals surface area contributed by atoms with E-state index in [-0.39, 0.29) is 11.0 Å². The third-order valence-corrected chi connectivity index (χ3v) is 11.4. The van der Waals surface area contributed by atoms with Crippen LogP contribution in [-0.4, -0.2) is 48.8 Å². The summed E-state index contributed by atoms with van der Waals surface area (Å²) < 4.78 is 18.4. The van der Waals surface area contributed by atoms with Crippen LogP contribution in [0.2, 0.25) is 5.04 Å². The minimum Gasteiger partial charge on any atom is -0.459 e. The highest BCUT2D eigenvalue weighted by molar-refractivity contribution is 6.99. The fraction of sp³-hybridized carbons (Fsp3) is 0.562. The van der Waals surface area contributed by atoms with Gasteiger partial charge in [0, 0.05) is 0 Å². The van der Waals surface area contributed by atoms with Crippen molar-refractivity contribution in [3.05, 3.63) is 60.7 Å². The maximum Gasteiger partial charge on any atom is 0.323 e. The van der Waals surface area contributed by atoms with Gasteiger partial charge < -0.3 is 19.0 Å². The molecule has 0 unspecified atom stereocenters. The Kier molecular flexibility index (Phi) is 10.4. The van der Waals surface area contributed by atoms with E-state index in [2.05, 4.69) is 45.0 Å². The summed E-state index contributed by atoms with van der Waals surface area (Å²) in [5.74, 6) is -3.48. The molecule has 0 radical (unpaired) electrons. The molecule has 0 saturated carbocycles. The molecule has 0 heterocycles. The first-order chi connectivity index (χ1) is 17.8. The SMILES string of the molecule is CC(C)[C@H](O[Si](c1ccccc1)(c1ccccc1)C(C)(C)C)[C@H](O)C(C(=O)OC(C)(C)C)C(=O)OC(C)(C)C. The summed E-state index contributed by atoms with van der Waals surface area (Å²) >= 11 is 0. The Morgan fingerprint density at radius 2 is 1.05 bits per heavy atom. The lowest BCUT2D eigenvalue weighted by atomic mass is 9.91. The van der Waals surface area contributed by atoms with Crippen molar-refractivity contribution in [1.82, 2.24) is 0 Å². The van der Waals surface area contributed by atoms with Crippen LogP contribution in [-0.2, 0) is 23.5 Å². The number of rotatable bonds is 9. The summed E-state index contributed by atoms with van der Waals surface area (Å²) in [6.07, 6.45) is -2.38. The summed E-state index contributed by atoms with van der Waals surface area (Å²) in [6, 6.07) is 20.1. The lowest BCUT2D eigenvalue weighted by Gasteiger charge is -2.47. The highest BCUT2D eigenvalue weighted by Gasteiger charge is 2.54. The molecule has 2 aromatic rings. The Hall–Kier alpha value is -2.48. The predicted octanol–water partition coefficient (Wildman–Crippen LogP) is 5.25. The monoisotopic (exact) mass is 556 g/mol. The molecule has 0 amide bonds. The maximum atomic E-state index is 13.4. The van der Waals surface area contributed by atoms with Crippen molar-refractivity contribution < 1.29 is 28.6 Å². The molecule has 0 spiro atoms. The molecular formula is C32H48O6Si. The number of aliphatic hydroxyl groups excluding tert-OH is 1. The van der Waals surface area contributed by atoms with Crippen molar-refractivity contribution in [3.63, 3.8) is 0 Å². The molecule has 0 aliphatic rings. The number of carbonyl (C=O) groups is 2. The topological polar surface area (TPSA) is 82.1 Å². The Bertz CT molecular complexity index is 1010. The van der Waals surface area contributed by atoms with Crippen LogP contribution in [0, 0.1) is 11.8 Å². The molecule has 0 aliphatic carbocycles. The summed E-state index contributed by atoms with van der Waals surface area (Å²) in [6.45, 7) is 20.6. The van der Waals surface area contributed by atoms with E-state index in [0.717, 1.165) is 10.4 Å². The van der Waals surface area contributed by atoms with E-state index in [1.807, 2.05) is 50.2 Å². The van der Waals surface area contributed by atoms with Gasteiger partial charge in [-0.05, 0) is 62.9 Å². The highest BCUT2D eigenvalue weighted by atomic mass is 28.4. The average Bonchev–Trinajstić information content (AvgIpc) is 2.77. The van der Waals surface area contributed by atoms with Crippen LogP contribution in [0.25, 0.3) is 0 Å². The predicted molar refractivity (Wildman–Crippen MR) is 159 cm³/mol. The fourth-order valence-electron chi connectivity index (χ4n) is 4.79. The lowest BCUT2D eigenvalue weighted by Crippen LogP contribution is -2.69. The highest BCUT2D eigenvalue weighted by Crippen LogP contribution is 2.39. The molecule has 2 aromatic carbocycles. The minimum absolute atomic E-state index is 0.242. The van der Waals surface area contributed by atoms with E-state index >= 15 is 0 Å². The number of hydrogen-bond acceptors (Lipinski definition) is 6. The van der Waals surface area contributed by atoms with Crippen LogP contribution in [0.15, 0.2) is 60.7 Å². The van der Waals surface area contributed by atoms with Crippen molar-refractivity contribution in [2.75, 3.05) is 0 Å². The van der Waals surface area contributed by atoms with E-state index in [0.29, 0.717) is 0 Å². The summed E-state index contributed by atoms with van der Waals surface area (Å²) in [5.41, 5.74) is -1.72. The molecule has 1 N–H and O–H groups in total. The first-order valence-electron chi connectivity index (χ1n) is 13.7. The van der Waals surface area contributed by atoms with Crippen LogP contribution in [0.3, 0.4) is 0 Å². The van der Waals surface area contributed by atoms with Gasteiger partial charge in [-0.1, -0.05) is 95.3 Å². The lowest BCUT2D eigenvalue weighted by molar-refractivity contribution is -0.184. The van der Waals surface area contributed by atoms with Crippen LogP contribution in [0.1, 0.15) is 76.2 Å². The average molecular weight is 557 g/mol. The number of carbonyl (C=O) groups excluding carboxylic acids is 2. The molecule has 2 atom stereocenters. The molecule has 2 rings (SSSR count). The van der Waals surface area contributed by atoms with Crippen molar-refractivity contribution in [2.45, 2.75) is 105 Å². The Balaban J connectivity index is 2.73. The smallest absolute Gasteiger partial charge is 0.323 e. The maximum absolute atomic E-state index is 13.4.